The Morgan fingerprint density at radius 2 is 2.08 bits per heavy atom. The van der Waals surface area contributed by atoms with Gasteiger partial charge in [0, 0.05) is 29.4 Å². The van der Waals surface area contributed by atoms with Gasteiger partial charge in [0.15, 0.2) is 0 Å². The molecule has 130 valence electrons. The van der Waals surface area contributed by atoms with Crippen molar-refractivity contribution in [1.82, 2.24) is 24.9 Å². The largest absolute Gasteiger partial charge is 0.348 e. The van der Waals surface area contributed by atoms with Gasteiger partial charge in [0.25, 0.3) is 11.7 Å². The molecule has 6 nitrogen and oxygen atoms in total. The summed E-state index contributed by atoms with van der Waals surface area (Å²) in [5, 5.41) is 6.96. The summed E-state index contributed by atoms with van der Waals surface area (Å²) in [6, 6.07) is 8.57. The third-order valence-electron chi connectivity index (χ3n) is 3.57. The van der Waals surface area contributed by atoms with Crippen LogP contribution < -0.4 is 5.32 Å². The molecule has 0 atom stereocenters. The summed E-state index contributed by atoms with van der Waals surface area (Å²) in [6.45, 7) is 4.21. The number of nitrogens with one attached hydrogen (secondary N) is 1. The number of hydrogen-bond acceptors (Lipinski definition) is 5. The van der Waals surface area contributed by atoms with E-state index in [1.807, 2.05) is 26.0 Å². The van der Waals surface area contributed by atoms with E-state index in [0.29, 0.717) is 29.4 Å². The van der Waals surface area contributed by atoms with Crippen molar-refractivity contribution in [2.24, 2.45) is 0 Å². The molecule has 2 heterocycles. The number of benzene rings is 1. The summed E-state index contributed by atoms with van der Waals surface area (Å²) in [5.41, 5.74) is 2.36. The first-order valence-corrected chi connectivity index (χ1v) is 9.00. The quantitative estimate of drug-likeness (QED) is 0.685. The Morgan fingerprint density at radius 1 is 1.28 bits per heavy atom. The first-order chi connectivity index (χ1) is 12.0. The van der Waals surface area contributed by atoms with Crippen LogP contribution in [-0.2, 0) is 5.75 Å². The molecule has 3 rings (SSSR count). The van der Waals surface area contributed by atoms with Gasteiger partial charge in [-0.05, 0) is 31.5 Å². The molecule has 0 fully saturated rings. The zero-order valence-corrected chi connectivity index (χ0v) is 14.8. The van der Waals surface area contributed by atoms with Crippen LogP contribution >= 0.6 is 11.8 Å². The molecule has 2 aromatic heterocycles. The monoisotopic (exact) mass is 359 g/mol. The number of nitrogens with zero attached hydrogens (tertiary/aromatic N) is 4. The van der Waals surface area contributed by atoms with Crippen LogP contribution in [0.15, 0.2) is 30.3 Å². The Balaban J connectivity index is 1.51. The second-order valence-corrected chi connectivity index (χ2v) is 6.69. The summed E-state index contributed by atoms with van der Waals surface area (Å²) < 4.78 is 15.1. The number of thioether (sulfide) groups is 1. The van der Waals surface area contributed by atoms with Crippen LogP contribution in [-0.4, -0.2) is 37.8 Å². The normalized spacial score (nSPS) is 11.0. The Kier molecular flexibility index (Phi) is 5.28. The minimum Gasteiger partial charge on any atom is -0.348 e. The average Bonchev–Trinajstić information content (AvgIpc) is 3.00. The molecule has 1 amide bonds. The molecular weight excluding hydrogens is 341 g/mol. The van der Waals surface area contributed by atoms with Crippen molar-refractivity contribution in [3.05, 3.63) is 58.9 Å². The van der Waals surface area contributed by atoms with Crippen LogP contribution in [0.4, 0.5) is 4.39 Å². The molecule has 0 aliphatic heterocycles. The van der Waals surface area contributed by atoms with E-state index in [2.05, 4.69) is 20.4 Å². The predicted octanol–water partition coefficient (Wildman–Crippen LogP) is 2.54. The molecule has 0 bridgehead atoms. The van der Waals surface area contributed by atoms with E-state index in [4.69, 9.17) is 0 Å². The van der Waals surface area contributed by atoms with Gasteiger partial charge in [-0.2, -0.15) is 16.7 Å². The number of amides is 1. The van der Waals surface area contributed by atoms with E-state index in [1.54, 1.807) is 28.4 Å². The standard InChI is InChI=1S/C17H18FN5OS/c1-11-9-12(2)23-17(20-11)21-15(22-23)16(24)19-7-8-25-10-13-5-3-4-6-14(13)18/h3-6,9H,7-8,10H2,1-2H3,(H,19,24). The van der Waals surface area contributed by atoms with Gasteiger partial charge in [-0.25, -0.2) is 13.9 Å². The average molecular weight is 359 g/mol. The number of rotatable bonds is 6. The fraction of sp³-hybridized carbons (Fsp3) is 0.294. The van der Waals surface area contributed by atoms with Crippen molar-refractivity contribution >= 4 is 23.4 Å². The summed E-state index contributed by atoms with van der Waals surface area (Å²) in [7, 11) is 0. The number of aromatic nitrogens is 4. The van der Waals surface area contributed by atoms with Crippen LogP contribution in [0, 0.1) is 19.7 Å². The fourth-order valence-corrected chi connectivity index (χ4v) is 3.22. The highest BCUT2D eigenvalue weighted by molar-refractivity contribution is 7.98. The van der Waals surface area contributed by atoms with Crippen LogP contribution in [0.2, 0.25) is 0 Å². The van der Waals surface area contributed by atoms with Crippen molar-refractivity contribution in [1.29, 1.82) is 0 Å². The molecule has 0 spiro atoms. The van der Waals surface area contributed by atoms with Gasteiger partial charge in [0.05, 0.1) is 0 Å². The minimum atomic E-state index is -0.339. The maximum atomic E-state index is 13.5. The van der Waals surface area contributed by atoms with E-state index in [9.17, 15) is 9.18 Å². The molecule has 0 unspecified atom stereocenters. The number of hydrogen-bond donors (Lipinski definition) is 1. The molecule has 1 N–H and O–H groups in total. The van der Waals surface area contributed by atoms with Crippen LogP contribution in [0.3, 0.4) is 0 Å². The molecule has 3 aromatic rings. The molecule has 1 aromatic carbocycles. The SMILES string of the molecule is Cc1cc(C)n2nc(C(=O)NCCSCc3ccccc3F)nc2n1. The molecule has 0 radical (unpaired) electrons. The van der Waals surface area contributed by atoms with Crippen molar-refractivity contribution in [2.75, 3.05) is 12.3 Å². The van der Waals surface area contributed by atoms with E-state index in [-0.39, 0.29) is 17.5 Å². The lowest BCUT2D eigenvalue weighted by Crippen LogP contribution is -2.26. The molecule has 0 aliphatic carbocycles. The Labute approximate surface area is 148 Å². The number of halogens is 1. The third kappa shape index (κ3) is 4.14. The summed E-state index contributed by atoms with van der Waals surface area (Å²) in [4.78, 5) is 20.6. The van der Waals surface area contributed by atoms with Crippen LogP contribution in [0.5, 0.6) is 0 Å². The zero-order chi connectivity index (χ0) is 17.8. The second kappa shape index (κ2) is 7.60. The fourth-order valence-electron chi connectivity index (χ4n) is 2.38. The van der Waals surface area contributed by atoms with Crippen molar-refractivity contribution in [3.8, 4) is 0 Å². The molecule has 0 aliphatic rings. The highest BCUT2D eigenvalue weighted by atomic mass is 32.2. The van der Waals surface area contributed by atoms with Gasteiger partial charge in [0.1, 0.15) is 5.82 Å². The van der Waals surface area contributed by atoms with Crippen molar-refractivity contribution in [2.45, 2.75) is 19.6 Å². The molecule has 0 saturated heterocycles. The van der Waals surface area contributed by atoms with E-state index >= 15 is 0 Å². The first kappa shape index (κ1) is 17.3. The van der Waals surface area contributed by atoms with Gasteiger partial charge < -0.3 is 5.32 Å². The smallest absolute Gasteiger partial charge is 0.291 e. The highest BCUT2D eigenvalue weighted by Crippen LogP contribution is 2.14. The van der Waals surface area contributed by atoms with Gasteiger partial charge in [-0.15, -0.1) is 5.10 Å². The Hall–Kier alpha value is -2.48. The maximum absolute atomic E-state index is 13.5. The minimum absolute atomic E-state index is 0.0975. The number of fused-ring (bicyclic) bond motifs is 1. The van der Waals surface area contributed by atoms with E-state index < -0.39 is 0 Å². The van der Waals surface area contributed by atoms with E-state index in [0.717, 1.165) is 11.4 Å². The zero-order valence-electron chi connectivity index (χ0n) is 14.0. The van der Waals surface area contributed by atoms with Gasteiger partial charge in [0.2, 0.25) is 5.82 Å². The third-order valence-corrected chi connectivity index (χ3v) is 4.58. The van der Waals surface area contributed by atoms with Gasteiger partial charge in [-0.3, -0.25) is 4.79 Å². The number of carbonyl (C=O) groups excluding carboxylic acids is 1. The van der Waals surface area contributed by atoms with Crippen LogP contribution in [0.25, 0.3) is 5.78 Å². The van der Waals surface area contributed by atoms with Gasteiger partial charge in [-0.1, -0.05) is 18.2 Å². The molecule has 8 heteroatoms. The molecule has 0 saturated carbocycles. The Bertz CT molecular complexity index is 911. The summed E-state index contributed by atoms with van der Waals surface area (Å²) >= 11 is 1.55. The number of carbonyl (C=O) groups is 1. The van der Waals surface area contributed by atoms with Gasteiger partial charge >= 0.3 is 0 Å². The maximum Gasteiger partial charge on any atom is 0.291 e. The Morgan fingerprint density at radius 3 is 2.88 bits per heavy atom. The predicted molar refractivity (Wildman–Crippen MR) is 95.2 cm³/mol. The summed E-state index contributed by atoms with van der Waals surface area (Å²) in [5.74, 6) is 1.21. The van der Waals surface area contributed by atoms with Crippen molar-refractivity contribution in [3.63, 3.8) is 0 Å². The second-order valence-electron chi connectivity index (χ2n) is 5.59. The lowest BCUT2D eigenvalue weighted by Gasteiger charge is -2.04. The van der Waals surface area contributed by atoms with Crippen molar-refractivity contribution < 1.29 is 9.18 Å². The first-order valence-electron chi connectivity index (χ1n) is 7.85. The lowest BCUT2D eigenvalue weighted by atomic mass is 10.2. The number of aryl methyl sites for hydroxylation is 2. The molecule has 25 heavy (non-hydrogen) atoms. The summed E-state index contributed by atoms with van der Waals surface area (Å²) in [6.07, 6.45) is 0. The molecular formula is C17H18FN5OS. The lowest BCUT2D eigenvalue weighted by molar-refractivity contribution is 0.0946. The highest BCUT2D eigenvalue weighted by Gasteiger charge is 2.14. The van der Waals surface area contributed by atoms with E-state index in [1.165, 1.54) is 6.07 Å². The van der Waals surface area contributed by atoms with Crippen LogP contribution in [0.1, 0.15) is 27.6 Å². The topological polar surface area (TPSA) is 72.2 Å².